The highest BCUT2D eigenvalue weighted by Gasteiger charge is 2.27. The highest BCUT2D eigenvalue weighted by atomic mass is 35.5. The Bertz CT molecular complexity index is 374. The Morgan fingerprint density at radius 2 is 2.00 bits per heavy atom. The molecular formula is C11H14ClF3N2O. The molecule has 1 aromatic carbocycles. The lowest BCUT2D eigenvalue weighted by Gasteiger charge is -2.17. The van der Waals surface area contributed by atoms with Crippen molar-refractivity contribution in [3.8, 4) is 0 Å². The van der Waals surface area contributed by atoms with Crippen molar-refractivity contribution in [1.82, 2.24) is 5.43 Å². The molecule has 0 aliphatic carbocycles. The van der Waals surface area contributed by atoms with E-state index < -0.39 is 12.8 Å². The summed E-state index contributed by atoms with van der Waals surface area (Å²) < 4.78 is 40.1. The Labute approximate surface area is 108 Å². The monoisotopic (exact) mass is 282 g/mol. The van der Waals surface area contributed by atoms with Crippen molar-refractivity contribution in [1.29, 1.82) is 0 Å². The number of hydrogen-bond donors (Lipinski definition) is 2. The van der Waals surface area contributed by atoms with Gasteiger partial charge in [0.15, 0.2) is 0 Å². The van der Waals surface area contributed by atoms with Gasteiger partial charge in [-0.3, -0.25) is 11.3 Å². The van der Waals surface area contributed by atoms with Gasteiger partial charge in [-0.05, 0) is 18.1 Å². The van der Waals surface area contributed by atoms with Gasteiger partial charge in [0.2, 0.25) is 0 Å². The molecule has 3 N–H and O–H groups in total. The lowest BCUT2D eigenvalue weighted by molar-refractivity contribution is -0.174. The van der Waals surface area contributed by atoms with Crippen molar-refractivity contribution in [3.05, 3.63) is 34.9 Å². The van der Waals surface area contributed by atoms with Gasteiger partial charge in [-0.2, -0.15) is 13.2 Å². The average molecular weight is 283 g/mol. The van der Waals surface area contributed by atoms with E-state index in [1.807, 2.05) is 0 Å². The van der Waals surface area contributed by atoms with E-state index in [0.29, 0.717) is 11.4 Å². The minimum Gasteiger partial charge on any atom is -0.372 e. The number of ether oxygens (including phenoxy) is 1. The van der Waals surface area contributed by atoms with Gasteiger partial charge in [-0.25, -0.2) is 0 Å². The molecule has 0 fully saturated rings. The van der Waals surface area contributed by atoms with Crippen LogP contribution in [0.15, 0.2) is 24.3 Å². The molecule has 7 heteroatoms. The lowest BCUT2D eigenvalue weighted by atomic mass is 10.1. The van der Waals surface area contributed by atoms with Crippen LogP contribution in [-0.4, -0.2) is 19.4 Å². The molecule has 1 atom stereocenters. The van der Waals surface area contributed by atoms with Crippen LogP contribution in [0.3, 0.4) is 0 Å². The molecule has 0 aliphatic heterocycles. The number of hydrogen-bond acceptors (Lipinski definition) is 3. The van der Waals surface area contributed by atoms with Gasteiger partial charge in [0.1, 0.15) is 6.61 Å². The maximum Gasteiger partial charge on any atom is 0.411 e. The molecule has 1 rings (SSSR count). The Hall–Kier alpha value is -0.820. The smallest absolute Gasteiger partial charge is 0.372 e. The standard InChI is InChI=1S/C11H14ClF3N2O/c12-9-4-2-1-3-8(9)10(17-16)5-6-18-7-11(13,14)15/h1-4,10,17H,5-7,16H2. The molecule has 1 unspecified atom stereocenters. The number of nitrogens with one attached hydrogen (secondary N) is 1. The van der Waals surface area contributed by atoms with Crippen LogP contribution in [0.25, 0.3) is 0 Å². The van der Waals surface area contributed by atoms with E-state index in [-0.39, 0.29) is 12.6 Å². The fraction of sp³-hybridized carbons (Fsp3) is 0.455. The fourth-order valence-electron chi connectivity index (χ4n) is 1.48. The van der Waals surface area contributed by atoms with Crippen LogP contribution in [0.5, 0.6) is 0 Å². The first kappa shape index (κ1) is 15.2. The molecule has 0 amide bonds. The van der Waals surface area contributed by atoms with E-state index in [0.717, 1.165) is 5.56 Å². The van der Waals surface area contributed by atoms with Crippen LogP contribution in [0.4, 0.5) is 13.2 Å². The van der Waals surface area contributed by atoms with Crippen LogP contribution in [0.2, 0.25) is 5.02 Å². The Morgan fingerprint density at radius 3 is 2.56 bits per heavy atom. The van der Waals surface area contributed by atoms with Crippen molar-refractivity contribution >= 4 is 11.6 Å². The van der Waals surface area contributed by atoms with E-state index in [4.69, 9.17) is 17.4 Å². The molecule has 0 aromatic heterocycles. The zero-order valence-electron chi connectivity index (χ0n) is 9.51. The third kappa shape index (κ3) is 5.22. The summed E-state index contributed by atoms with van der Waals surface area (Å²) in [5.41, 5.74) is 3.24. The molecule has 0 saturated carbocycles. The average Bonchev–Trinajstić information content (AvgIpc) is 2.29. The topological polar surface area (TPSA) is 47.3 Å². The zero-order chi connectivity index (χ0) is 13.6. The lowest BCUT2D eigenvalue weighted by Crippen LogP contribution is -2.29. The molecular weight excluding hydrogens is 269 g/mol. The number of hydrazine groups is 1. The Morgan fingerprint density at radius 1 is 1.33 bits per heavy atom. The van der Waals surface area contributed by atoms with Crippen molar-refractivity contribution in [2.75, 3.05) is 13.2 Å². The van der Waals surface area contributed by atoms with Crippen molar-refractivity contribution < 1.29 is 17.9 Å². The third-order valence-electron chi connectivity index (χ3n) is 2.30. The maximum absolute atomic E-state index is 11.9. The highest BCUT2D eigenvalue weighted by molar-refractivity contribution is 6.31. The summed E-state index contributed by atoms with van der Waals surface area (Å²) in [4.78, 5) is 0. The molecule has 102 valence electrons. The van der Waals surface area contributed by atoms with Crippen molar-refractivity contribution in [2.45, 2.75) is 18.6 Å². The molecule has 0 saturated heterocycles. The summed E-state index contributed by atoms with van der Waals surface area (Å²) in [6, 6.07) is 6.66. The van der Waals surface area contributed by atoms with E-state index in [1.165, 1.54) is 0 Å². The Balaban J connectivity index is 2.46. The molecule has 18 heavy (non-hydrogen) atoms. The largest absolute Gasteiger partial charge is 0.411 e. The fourth-order valence-corrected chi connectivity index (χ4v) is 1.74. The molecule has 0 radical (unpaired) electrons. The van der Waals surface area contributed by atoms with Gasteiger partial charge >= 0.3 is 6.18 Å². The van der Waals surface area contributed by atoms with Crippen molar-refractivity contribution in [2.24, 2.45) is 5.84 Å². The van der Waals surface area contributed by atoms with E-state index in [9.17, 15) is 13.2 Å². The quantitative estimate of drug-likeness (QED) is 0.479. The van der Waals surface area contributed by atoms with Gasteiger partial charge in [0.05, 0.1) is 0 Å². The molecule has 3 nitrogen and oxygen atoms in total. The maximum atomic E-state index is 11.9. The summed E-state index contributed by atoms with van der Waals surface area (Å²) in [7, 11) is 0. The number of alkyl halides is 3. The van der Waals surface area contributed by atoms with E-state index >= 15 is 0 Å². The van der Waals surface area contributed by atoms with Crippen LogP contribution in [0, 0.1) is 0 Å². The number of rotatable bonds is 6. The summed E-state index contributed by atoms with van der Waals surface area (Å²) in [6.45, 7) is -1.31. The van der Waals surface area contributed by atoms with Gasteiger partial charge in [0, 0.05) is 17.7 Å². The van der Waals surface area contributed by atoms with Gasteiger partial charge in [0.25, 0.3) is 0 Å². The van der Waals surface area contributed by atoms with Gasteiger partial charge in [-0.15, -0.1) is 0 Å². The second-order valence-corrected chi connectivity index (χ2v) is 4.10. The summed E-state index contributed by atoms with van der Waals surface area (Å²) in [6.07, 6.45) is -4.01. The molecule has 0 heterocycles. The molecule has 0 bridgehead atoms. The number of halogens is 4. The third-order valence-corrected chi connectivity index (χ3v) is 2.64. The van der Waals surface area contributed by atoms with Crippen LogP contribution in [0.1, 0.15) is 18.0 Å². The molecule has 0 spiro atoms. The van der Waals surface area contributed by atoms with E-state index in [2.05, 4.69) is 10.2 Å². The second-order valence-electron chi connectivity index (χ2n) is 3.70. The first-order chi connectivity index (χ1) is 8.44. The predicted molar refractivity (Wildman–Crippen MR) is 63.0 cm³/mol. The first-order valence-electron chi connectivity index (χ1n) is 5.29. The minimum atomic E-state index is -4.31. The number of benzene rings is 1. The van der Waals surface area contributed by atoms with E-state index in [1.54, 1.807) is 24.3 Å². The van der Waals surface area contributed by atoms with Crippen LogP contribution >= 0.6 is 11.6 Å². The summed E-state index contributed by atoms with van der Waals surface area (Å²) in [5, 5.41) is 0.510. The SMILES string of the molecule is NNC(CCOCC(F)(F)F)c1ccccc1Cl. The zero-order valence-corrected chi connectivity index (χ0v) is 10.3. The van der Waals surface area contributed by atoms with Crippen LogP contribution in [-0.2, 0) is 4.74 Å². The van der Waals surface area contributed by atoms with Crippen LogP contribution < -0.4 is 11.3 Å². The molecule has 0 aliphatic rings. The van der Waals surface area contributed by atoms with Gasteiger partial charge in [-0.1, -0.05) is 29.8 Å². The summed E-state index contributed by atoms with van der Waals surface area (Å²) >= 11 is 5.97. The predicted octanol–water partition coefficient (Wildman–Crippen LogP) is 2.81. The van der Waals surface area contributed by atoms with Crippen molar-refractivity contribution in [3.63, 3.8) is 0 Å². The Kier molecular flexibility index (Phi) is 5.87. The highest BCUT2D eigenvalue weighted by Crippen LogP contribution is 2.24. The minimum absolute atomic E-state index is 0.0560. The number of nitrogens with two attached hydrogens (primary N) is 1. The second kappa shape index (κ2) is 6.94. The van der Waals surface area contributed by atoms with Gasteiger partial charge < -0.3 is 4.74 Å². The summed E-state index contributed by atoms with van der Waals surface area (Å²) in [5.74, 6) is 5.36. The first-order valence-corrected chi connectivity index (χ1v) is 5.67. The molecule has 1 aromatic rings. The normalized spacial score (nSPS) is 13.6.